The van der Waals surface area contributed by atoms with Crippen LogP contribution in [-0.4, -0.2) is 64.2 Å². The number of para-hydroxylation sites is 3. The standard InChI is InChI=1S/C24H28N4O4S/c1-4-27(14-17-15-31-20-12-8-9-13-21(20)32-17)22(29)16-33-24-26-25-23(28(24)5-2)18-10-6-7-11-19(18)30-3/h6-13,17H,4-5,14-16H2,1-3H3. The number of carbonyl (C=O) groups excluding carboxylic acids is 1. The molecular formula is C24H28N4O4S. The van der Waals surface area contributed by atoms with Crippen LogP contribution in [0.5, 0.6) is 17.2 Å². The van der Waals surface area contributed by atoms with E-state index in [-0.39, 0.29) is 17.8 Å². The molecule has 174 valence electrons. The minimum Gasteiger partial charge on any atom is -0.496 e. The van der Waals surface area contributed by atoms with Gasteiger partial charge in [0.1, 0.15) is 12.4 Å². The number of fused-ring (bicyclic) bond motifs is 1. The molecule has 0 aliphatic carbocycles. The van der Waals surface area contributed by atoms with E-state index in [4.69, 9.17) is 14.2 Å². The highest BCUT2D eigenvalue weighted by atomic mass is 32.2. The van der Waals surface area contributed by atoms with Crippen molar-refractivity contribution < 1.29 is 19.0 Å². The SMILES string of the molecule is CCN(CC1COc2ccccc2O1)C(=O)CSc1nnc(-c2ccccc2OC)n1CC. The fourth-order valence-corrected chi connectivity index (χ4v) is 4.64. The molecular weight excluding hydrogens is 440 g/mol. The lowest BCUT2D eigenvalue weighted by Crippen LogP contribution is -2.44. The summed E-state index contributed by atoms with van der Waals surface area (Å²) in [5.41, 5.74) is 0.873. The topological polar surface area (TPSA) is 78.7 Å². The predicted octanol–water partition coefficient (Wildman–Crippen LogP) is 3.75. The van der Waals surface area contributed by atoms with Crippen LogP contribution in [0.25, 0.3) is 11.4 Å². The number of amides is 1. The van der Waals surface area contributed by atoms with Crippen LogP contribution in [-0.2, 0) is 11.3 Å². The van der Waals surface area contributed by atoms with Gasteiger partial charge in [-0.2, -0.15) is 0 Å². The Balaban J connectivity index is 1.40. The maximum Gasteiger partial charge on any atom is 0.233 e. The van der Waals surface area contributed by atoms with Crippen molar-refractivity contribution in [1.82, 2.24) is 19.7 Å². The summed E-state index contributed by atoms with van der Waals surface area (Å²) in [4.78, 5) is 14.8. The molecule has 4 rings (SSSR count). The molecule has 8 nitrogen and oxygen atoms in total. The van der Waals surface area contributed by atoms with Crippen molar-refractivity contribution >= 4 is 17.7 Å². The minimum atomic E-state index is -0.203. The molecule has 1 aliphatic rings. The molecule has 1 amide bonds. The molecule has 0 spiro atoms. The van der Waals surface area contributed by atoms with Gasteiger partial charge in [0.2, 0.25) is 5.91 Å². The number of thioether (sulfide) groups is 1. The average molecular weight is 469 g/mol. The van der Waals surface area contributed by atoms with E-state index >= 15 is 0 Å². The highest BCUT2D eigenvalue weighted by Gasteiger charge is 2.25. The van der Waals surface area contributed by atoms with Crippen LogP contribution >= 0.6 is 11.8 Å². The highest BCUT2D eigenvalue weighted by molar-refractivity contribution is 7.99. The van der Waals surface area contributed by atoms with Crippen LogP contribution in [0.15, 0.2) is 53.7 Å². The summed E-state index contributed by atoms with van der Waals surface area (Å²) in [5, 5.41) is 9.42. The van der Waals surface area contributed by atoms with Gasteiger partial charge in [-0.3, -0.25) is 4.79 Å². The van der Waals surface area contributed by atoms with E-state index in [1.54, 1.807) is 12.0 Å². The number of benzene rings is 2. The predicted molar refractivity (Wildman–Crippen MR) is 127 cm³/mol. The second-order valence-corrected chi connectivity index (χ2v) is 8.41. The number of nitrogens with zero attached hydrogens (tertiary/aromatic N) is 4. The zero-order valence-electron chi connectivity index (χ0n) is 19.1. The van der Waals surface area contributed by atoms with Gasteiger partial charge in [-0.15, -0.1) is 10.2 Å². The van der Waals surface area contributed by atoms with Gasteiger partial charge in [0.05, 0.1) is 25.0 Å². The van der Waals surface area contributed by atoms with Gasteiger partial charge in [0.25, 0.3) is 0 Å². The average Bonchev–Trinajstić information content (AvgIpc) is 3.28. The van der Waals surface area contributed by atoms with Gasteiger partial charge in [0.15, 0.2) is 28.6 Å². The number of aromatic nitrogens is 3. The second kappa shape index (κ2) is 10.6. The van der Waals surface area contributed by atoms with Crippen LogP contribution in [0.2, 0.25) is 0 Å². The van der Waals surface area contributed by atoms with Gasteiger partial charge in [0, 0.05) is 13.1 Å². The molecule has 0 fully saturated rings. The van der Waals surface area contributed by atoms with Gasteiger partial charge < -0.3 is 23.7 Å². The molecule has 0 N–H and O–H groups in total. The number of ether oxygens (including phenoxy) is 3. The first-order valence-electron chi connectivity index (χ1n) is 11.0. The maximum atomic E-state index is 13.0. The Kier molecular flexibility index (Phi) is 7.39. The number of likely N-dealkylation sites (N-methyl/N-ethyl adjacent to an activating group) is 1. The first-order chi connectivity index (χ1) is 16.1. The summed E-state index contributed by atoms with van der Waals surface area (Å²) >= 11 is 1.39. The number of methoxy groups -OCH3 is 1. The Hall–Kier alpha value is -3.20. The first kappa shape index (κ1) is 23.0. The van der Waals surface area contributed by atoms with E-state index in [0.29, 0.717) is 37.1 Å². The first-order valence-corrected chi connectivity index (χ1v) is 12.0. The highest BCUT2D eigenvalue weighted by Crippen LogP contribution is 2.32. The molecule has 9 heteroatoms. The molecule has 2 aromatic carbocycles. The quantitative estimate of drug-likeness (QED) is 0.443. The molecule has 3 aromatic rings. The molecule has 1 atom stereocenters. The van der Waals surface area contributed by atoms with Crippen LogP contribution in [0, 0.1) is 0 Å². The summed E-state index contributed by atoms with van der Waals surface area (Å²) < 4.78 is 19.3. The lowest BCUT2D eigenvalue weighted by Gasteiger charge is -2.30. The Morgan fingerprint density at radius 1 is 1.15 bits per heavy atom. The monoisotopic (exact) mass is 468 g/mol. The summed E-state index contributed by atoms with van der Waals surface area (Å²) in [5.74, 6) is 3.20. The van der Waals surface area contributed by atoms with Crippen LogP contribution in [0.4, 0.5) is 0 Å². The van der Waals surface area contributed by atoms with Gasteiger partial charge in [-0.1, -0.05) is 36.0 Å². The zero-order chi connectivity index (χ0) is 23.2. The smallest absolute Gasteiger partial charge is 0.233 e. The zero-order valence-corrected chi connectivity index (χ0v) is 19.9. The van der Waals surface area contributed by atoms with Crippen molar-refractivity contribution in [3.05, 3.63) is 48.5 Å². The fraction of sp³-hybridized carbons (Fsp3) is 0.375. The summed E-state index contributed by atoms with van der Waals surface area (Å²) in [7, 11) is 1.64. The van der Waals surface area contributed by atoms with Gasteiger partial charge in [-0.25, -0.2) is 0 Å². The van der Waals surface area contributed by atoms with Crippen molar-refractivity contribution in [2.24, 2.45) is 0 Å². The van der Waals surface area contributed by atoms with E-state index in [9.17, 15) is 4.79 Å². The van der Waals surface area contributed by atoms with Crippen LogP contribution in [0.1, 0.15) is 13.8 Å². The molecule has 0 bridgehead atoms. The molecule has 0 saturated heterocycles. The van der Waals surface area contributed by atoms with E-state index in [2.05, 4.69) is 10.2 Å². The van der Waals surface area contributed by atoms with Crippen molar-refractivity contribution in [2.45, 2.75) is 31.7 Å². The van der Waals surface area contributed by atoms with Crippen molar-refractivity contribution in [2.75, 3.05) is 32.6 Å². The Morgan fingerprint density at radius 2 is 1.91 bits per heavy atom. The number of hydrogen-bond donors (Lipinski definition) is 0. The minimum absolute atomic E-state index is 0.0226. The normalized spacial score (nSPS) is 14.7. The number of rotatable bonds is 9. The Labute approximate surface area is 197 Å². The second-order valence-electron chi connectivity index (χ2n) is 7.47. The molecule has 1 aliphatic heterocycles. The third-order valence-corrected chi connectivity index (χ3v) is 6.38. The molecule has 1 unspecified atom stereocenters. The fourth-order valence-electron chi connectivity index (χ4n) is 3.73. The molecule has 2 heterocycles. The third kappa shape index (κ3) is 5.08. The van der Waals surface area contributed by atoms with Gasteiger partial charge in [-0.05, 0) is 38.1 Å². The summed E-state index contributed by atoms with van der Waals surface area (Å²) in [6.45, 7) is 6.16. The Morgan fingerprint density at radius 3 is 2.67 bits per heavy atom. The molecule has 0 saturated carbocycles. The maximum absolute atomic E-state index is 13.0. The van der Waals surface area contributed by atoms with Gasteiger partial charge >= 0.3 is 0 Å². The van der Waals surface area contributed by atoms with Crippen molar-refractivity contribution in [3.63, 3.8) is 0 Å². The Bertz CT molecular complexity index is 1100. The third-order valence-electron chi connectivity index (χ3n) is 5.43. The molecule has 1 aromatic heterocycles. The van der Waals surface area contributed by atoms with Crippen molar-refractivity contribution in [3.8, 4) is 28.6 Å². The number of hydrogen-bond acceptors (Lipinski definition) is 7. The molecule has 33 heavy (non-hydrogen) atoms. The van der Waals surface area contributed by atoms with Crippen LogP contribution in [0.3, 0.4) is 0 Å². The lowest BCUT2D eigenvalue weighted by atomic mass is 10.2. The molecule has 0 radical (unpaired) electrons. The van der Waals surface area contributed by atoms with Crippen LogP contribution < -0.4 is 14.2 Å². The summed E-state index contributed by atoms with van der Waals surface area (Å²) in [6.07, 6.45) is -0.203. The van der Waals surface area contributed by atoms with E-state index in [1.807, 2.05) is 66.9 Å². The van der Waals surface area contributed by atoms with E-state index in [1.165, 1.54) is 11.8 Å². The van der Waals surface area contributed by atoms with E-state index < -0.39 is 0 Å². The van der Waals surface area contributed by atoms with Crippen molar-refractivity contribution in [1.29, 1.82) is 0 Å². The summed E-state index contributed by atoms with van der Waals surface area (Å²) in [6, 6.07) is 15.3. The largest absolute Gasteiger partial charge is 0.496 e. The van der Waals surface area contributed by atoms with E-state index in [0.717, 1.165) is 22.9 Å². The number of carbonyl (C=O) groups is 1. The lowest BCUT2D eigenvalue weighted by molar-refractivity contribution is -0.129.